The van der Waals surface area contributed by atoms with Gasteiger partial charge in [0.2, 0.25) is 5.89 Å². The molecule has 2 aromatic carbocycles. The molecule has 0 saturated heterocycles. The molecule has 0 aliphatic heterocycles. The highest BCUT2D eigenvalue weighted by atomic mass is 19.1. The third-order valence-electron chi connectivity index (χ3n) is 4.52. The van der Waals surface area contributed by atoms with Crippen LogP contribution in [0.15, 0.2) is 41.0 Å². The molecule has 3 N–H and O–H groups in total. The van der Waals surface area contributed by atoms with E-state index in [1.54, 1.807) is 6.92 Å². The fourth-order valence-corrected chi connectivity index (χ4v) is 2.69. The van der Waals surface area contributed by atoms with Crippen molar-refractivity contribution in [2.24, 2.45) is 0 Å². The normalized spacial score (nSPS) is 12.0. The van der Waals surface area contributed by atoms with Crippen LogP contribution in [0.1, 0.15) is 40.1 Å². The Morgan fingerprint density at radius 3 is 2.56 bits per heavy atom. The van der Waals surface area contributed by atoms with E-state index in [9.17, 15) is 13.6 Å². The Kier molecular flexibility index (Phi) is 4.94. The molecule has 5 nitrogen and oxygen atoms in total. The monoisotopic (exact) mass is 371 g/mol. The van der Waals surface area contributed by atoms with Gasteiger partial charge in [0, 0.05) is 5.56 Å². The summed E-state index contributed by atoms with van der Waals surface area (Å²) >= 11 is 0. The second-order valence-electron chi connectivity index (χ2n) is 6.38. The van der Waals surface area contributed by atoms with Crippen LogP contribution in [-0.2, 0) is 0 Å². The van der Waals surface area contributed by atoms with Crippen LogP contribution in [0.4, 0.5) is 14.5 Å². The van der Waals surface area contributed by atoms with Crippen molar-refractivity contribution >= 4 is 11.6 Å². The third-order valence-corrected chi connectivity index (χ3v) is 4.52. The van der Waals surface area contributed by atoms with Crippen molar-refractivity contribution in [1.29, 1.82) is 0 Å². The second kappa shape index (κ2) is 7.19. The van der Waals surface area contributed by atoms with Crippen molar-refractivity contribution in [3.8, 4) is 11.5 Å². The van der Waals surface area contributed by atoms with E-state index in [0.717, 1.165) is 28.8 Å². The smallest absolute Gasteiger partial charge is 0.273 e. The van der Waals surface area contributed by atoms with Crippen LogP contribution in [0.2, 0.25) is 0 Å². The maximum Gasteiger partial charge on any atom is 0.273 e. The van der Waals surface area contributed by atoms with Gasteiger partial charge in [-0.25, -0.2) is 13.8 Å². The topological polar surface area (TPSA) is 81.2 Å². The summed E-state index contributed by atoms with van der Waals surface area (Å²) in [6, 6.07) is 7.25. The number of nitrogen functional groups attached to an aromatic ring is 1. The lowest BCUT2D eigenvalue weighted by Crippen LogP contribution is -2.27. The summed E-state index contributed by atoms with van der Waals surface area (Å²) in [6.07, 6.45) is 1.25. The fourth-order valence-electron chi connectivity index (χ4n) is 2.69. The number of aryl methyl sites for hydroxylation is 1. The number of halogens is 2. The molecule has 0 unspecified atom stereocenters. The molecular formula is C20H19F2N3O2. The van der Waals surface area contributed by atoms with Gasteiger partial charge >= 0.3 is 0 Å². The summed E-state index contributed by atoms with van der Waals surface area (Å²) in [6.45, 7) is 5.52. The molecule has 3 rings (SSSR count). The average Bonchev–Trinajstić information content (AvgIpc) is 3.11. The molecule has 27 heavy (non-hydrogen) atoms. The van der Waals surface area contributed by atoms with Crippen molar-refractivity contribution in [2.75, 3.05) is 5.73 Å². The Hall–Kier alpha value is -3.22. The highest BCUT2D eigenvalue weighted by molar-refractivity contribution is 5.92. The van der Waals surface area contributed by atoms with Gasteiger partial charge in [0.05, 0.1) is 6.04 Å². The van der Waals surface area contributed by atoms with E-state index in [1.165, 1.54) is 6.26 Å². The van der Waals surface area contributed by atoms with E-state index in [0.29, 0.717) is 5.89 Å². The maximum atomic E-state index is 13.6. The van der Waals surface area contributed by atoms with Gasteiger partial charge in [-0.1, -0.05) is 12.1 Å². The number of anilines is 1. The molecule has 0 radical (unpaired) electrons. The lowest BCUT2D eigenvalue weighted by Gasteiger charge is -2.14. The molecule has 0 fully saturated rings. The zero-order chi connectivity index (χ0) is 19.7. The zero-order valence-corrected chi connectivity index (χ0v) is 15.1. The maximum absolute atomic E-state index is 13.6. The van der Waals surface area contributed by atoms with Gasteiger partial charge in [-0.05, 0) is 55.7 Å². The number of benzene rings is 2. The van der Waals surface area contributed by atoms with Crippen molar-refractivity contribution < 1.29 is 18.0 Å². The molecule has 140 valence electrons. The molecule has 7 heteroatoms. The number of amides is 1. The molecule has 0 spiro atoms. The average molecular weight is 371 g/mol. The van der Waals surface area contributed by atoms with Crippen molar-refractivity contribution in [1.82, 2.24) is 10.3 Å². The van der Waals surface area contributed by atoms with Crippen LogP contribution in [0, 0.1) is 25.5 Å². The highest BCUT2D eigenvalue weighted by Crippen LogP contribution is 2.25. The van der Waals surface area contributed by atoms with Crippen LogP contribution >= 0.6 is 0 Å². The number of nitrogens with zero attached hydrogens (tertiary/aromatic N) is 1. The Morgan fingerprint density at radius 1 is 1.22 bits per heavy atom. The molecule has 1 amide bonds. The number of nitrogens with one attached hydrogen (secondary N) is 1. The minimum Gasteiger partial charge on any atom is -0.444 e. The predicted molar refractivity (Wildman–Crippen MR) is 98.1 cm³/mol. The van der Waals surface area contributed by atoms with Gasteiger partial charge in [0.15, 0.2) is 5.69 Å². The number of nitrogens with two attached hydrogens (primary N) is 1. The Bertz CT molecular complexity index is 991. The van der Waals surface area contributed by atoms with Gasteiger partial charge in [0.1, 0.15) is 23.6 Å². The molecule has 1 aromatic heterocycles. The molecule has 1 atom stereocenters. The molecule has 0 saturated carbocycles. The summed E-state index contributed by atoms with van der Waals surface area (Å²) in [5.41, 5.74) is 7.93. The standard InChI is InChI=1S/C20H19F2N3O2/c1-10-5-4-6-14(11(10)2)20-25-17(9-27-20)19(26)24-12(3)13-7-15(21)18(23)16(22)8-13/h4-9,12H,23H2,1-3H3,(H,24,26)/t12-/m1/s1. The number of aromatic nitrogens is 1. The number of carbonyl (C=O) groups is 1. The first-order chi connectivity index (χ1) is 12.8. The quantitative estimate of drug-likeness (QED) is 0.670. The summed E-state index contributed by atoms with van der Waals surface area (Å²) in [7, 11) is 0. The summed E-state index contributed by atoms with van der Waals surface area (Å²) in [5.74, 6) is -1.92. The molecule has 1 heterocycles. The van der Waals surface area contributed by atoms with E-state index in [1.807, 2.05) is 32.0 Å². The van der Waals surface area contributed by atoms with E-state index < -0.39 is 29.3 Å². The first kappa shape index (κ1) is 18.6. The van der Waals surface area contributed by atoms with Gasteiger partial charge in [0.25, 0.3) is 5.91 Å². The SMILES string of the molecule is Cc1cccc(-c2nc(C(=O)N[C@H](C)c3cc(F)c(N)c(F)c3)co2)c1C. The molecule has 3 aromatic rings. The van der Waals surface area contributed by atoms with E-state index in [4.69, 9.17) is 10.2 Å². The number of rotatable bonds is 4. The van der Waals surface area contributed by atoms with Crippen LogP contribution in [0.5, 0.6) is 0 Å². The van der Waals surface area contributed by atoms with Crippen molar-refractivity contribution in [3.05, 3.63) is 70.6 Å². The number of oxazole rings is 1. The zero-order valence-electron chi connectivity index (χ0n) is 15.1. The minimum absolute atomic E-state index is 0.0779. The van der Waals surface area contributed by atoms with Crippen LogP contribution in [-0.4, -0.2) is 10.9 Å². The van der Waals surface area contributed by atoms with E-state index in [2.05, 4.69) is 10.3 Å². The van der Waals surface area contributed by atoms with Crippen molar-refractivity contribution in [2.45, 2.75) is 26.8 Å². The van der Waals surface area contributed by atoms with Gasteiger partial charge in [-0.3, -0.25) is 4.79 Å². The Morgan fingerprint density at radius 2 is 1.89 bits per heavy atom. The summed E-state index contributed by atoms with van der Waals surface area (Å²) < 4.78 is 32.7. The van der Waals surface area contributed by atoms with Gasteiger partial charge in [-0.2, -0.15) is 0 Å². The highest BCUT2D eigenvalue weighted by Gasteiger charge is 2.19. The van der Waals surface area contributed by atoms with E-state index in [-0.39, 0.29) is 11.3 Å². The fraction of sp³-hybridized carbons (Fsp3) is 0.200. The lowest BCUT2D eigenvalue weighted by molar-refractivity contribution is 0.0934. The number of hydrogen-bond acceptors (Lipinski definition) is 4. The first-order valence-electron chi connectivity index (χ1n) is 8.35. The molecule has 0 aliphatic carbocycles. The third kappa shape index (κ3) is 3.67. The van der Waals surface area contributed by atoms with Gasteiger partial charge in [-0.15, -0.1) is 0 Å². The van der Waals surface area contributed by atoms with Crippen molar-refractivity contribution in [3.63, 3.8) is 0 Å². The van der Waals surface area contributed by atoms with Crippen LogP contribution in [0.25, 0.3) is 11.5 Å². The Balaban J connectivity index is 1.79. The molecule has 0 aliphatic rings. The van der Waals surface area contributed by atoms with Gasteiger partial charge < -0.3 is 15.5 Å². The first-order valence-corrected chi connectivity index (χ1v) is 8.35. The minimum atomic E-state index is -0.871. The Labute approximate surface area is 155 Å². The van der Waals surface area contributed by atoms with Crippen LogP contribution in [0.3, 0.4) is 0 Å². The van der Waals surface area contributed by atoms with E-state index >= 15 is 0 Å². The summed E-state index contributed by atoms with van der Waals surface area (Å²) in [4.78, 5) is 16.6. The molecular weight excluding hydrogens is 352 g/mol. The molecule has 0 bridgehead atoms. The predicted octanol–water partition coefficient (Wildman–Crippen LogP) is 4.31. The van der Waals surface area contributed by atoms with Crippen LogP contribution < -0.4 is 11.1 Å². The number of hydrogen-bond donors (Lipinski definition) is 2. The largest absolute Gasteiger partial charge is 0.444 e. The number of carbonyl (C=O) groups excluding carboxylic acids is 1. The second-order valence-corrected chi connectivity index (χ2v) is 6.38. The summed E-state index contributed by atoms with van der Waals surface area (Å²) in [5, 5.41) is 2.64. The lowest BCUT2D eigenvalue weighted by atomic mass is 10.0.